The number of hydrogen-bond acceptors (Lipinski definition) is 0. The molecule has 0 aliphatic heterocycles. The van der Waals surface area contributed by atoms with Gasteiger partial charge in [0, 0.05) is 0 Å². The van der Waals surface area contributed by atoms with Crippen molar-refractivity contribution < 1.29 is 0 Å². The smallest absolute Gasteiger partial charge is 0.0298 e. The van der Waals surface area contributed by atoms with Crippen molar-refractivity contribution in [1.29, 1.82) is 0 Å². The molecule has 1 fully saturated rings. The van der Waals surface area contributed by atoms with Crippen molar-refractivity contribution in [2.24, 2.45) is 88.3 Å². The summed E-state index contributed by atoms with van der Waals surface area (Å²) in [6.07, 6.45) is 2.78. The van der Waals surface area contributed by atoms with E-state index in [0.717, 1.165) is 82.9 Å². The maximum absolute atomic E-state index is 2.58. The van der Waals surface area contributed by atoms with Gasteiger partial charge in [0.2, 0.25) is 0 Å². The van der Waals surface area contributed by atoms with E-state index in [-0.39, 0.29) is 0 Å². The van der Waals surface area contributed by atoms with Gasteiger partial charge in [0.1, 0.15) is 0 Å². The Balaban J connectivity index is 3.37. The van der Waals surface area contributed by atoms with Crippen LogP contribution in [0.2, 0.25) is 0 Å². The Morgan fingerprint density at radius 2 is 0.545 bits per heavy atom. The zero-order valence-electron chi connectivity index (χ0n) is 26.0. The van der Waals surface area contributed by atoms with E-state index in [2.05, 4.69) is 111 Å². The van der Waals surface area contributed by atoms with Crippen LogP contribution in [-0.2, 0) is 0 Å². The quantitative estimate of drug-likeness (QED) is 0.336. The lowest BCUT2D eigenvalue weighted by Crippen LogP contribution is -2.42. The minimum atomic E-state index is 0.347. The molecule has 0 bridgehead atoms. The molecular formula is C33H66. The molecular weight excluding hydrogens is 396 g/mol. The van der Waals surface area contributed by atoms with Gasteiger partial charge in [-0.15, -0.1) is 0 Å². The van der Waals surface area contributed by atoms with Crippen LogP contribution in [0.4, 0.5) is 0 Å². The molecule has 0 heterocycles. The molecule has 14 atom stereocenters. The Bertz CT molecular complexity index is 560. The largest absolute Gasteiger partial charge is 0.0622 e. The van der Waals surface area contributed by atoms with Gasteiger partial charge in [-0.2, -0.15) is 0 Å². The van der Waals surface area contributed by atoms with Crippen LogP contribution in [0.5, 0.6) is 0 Å². The standard InChI is InChI=1S/C33H66/c1-19-17-18-20(2)22(4)24(6)27(9)29(11)31(13)33(15,16)32(14)30(12)28(10)26(8)25(7)23(5)21(19)3/h19-32H,17-18H2,1-16H3. The van der Waals surface area contributed by atoms with Crippen molar-refractivity contribution in [3.8, 4) is 0 Å². The Hall–Kier alpha value is 0. The highest BCUT2D eigenvalue weighted by atomic mass is 14.5. The molecule has 0 saturated heterocycles. The highest BCUT2D eigenvalue weighted by Crippen LogP contribution is 2.49. The van der Waals surface area contributed by atoms with E-state index in [1.54, 1.807) is 0 Å². The Morgan fingerprint density at radius 3 is 0.818 bits per heavy atom. The lowest BCUT2D eigenvalue weighted by molar-refractivity contribution is 0.00257. The molecule has 0 aromatic rings. The predicted octanol–water partition coefficient (Wildman–Crippen LogP) is 10.7. The third-order valence-corrected chi connectivity index (χ3v) is 13.4. The van der Waals surface area contributed by atoms with Crippen molar-refractivity contribution >= 4 is 0 Å². The minimum absolute atomic E-state index is 0.347. The van der Waals surface area contributed by atoms with E-state index in [1.165, 1.54) is 12.8 Å². The van der Waals surface area contributed by atoms with E-state index in [0.29, 0.717) is 5.41 Å². The van der Waals surface area contributed by atoms with Gasteiger partial charge in [-0.25, -0.2) is 0 Å². The normalized spacial score (nSPS) is 51.6. The Kier molecular flexibility index (Phi) is 11.6. The first kappa shape index (κ1) is 31.0. The molecule has 0 spiro atoms. The summed E-state index contributed by atoms with van der Waals surface area (Å²) in [5.41, 5.74) is 0.347. The van der Waals surface area contributed by atoms with Gasteiger partial charge in [0.05, 0.1) is 0 Å². The average molecular weight is 463 g/mol. The Morgan fingerprint density at radius 1 is 0.333 bits per heavy atom. The second kappa shape index (κ2) is 12.3. The first-order chi connectivity index (χ1) is 15.0. The molecule has 1 aliphatic carbocycles. The van der Waals surface area contributed by atoms with Crippen LogP contribution < -0.4 is 0 Å². The monoisotopic (exact) mass is 463 g/mol. The number of hydrogen-bond donors (Lipinski definition) is 0. The van der Waals surface area contributed by atoms with E-state index in [1.807, 2.05) is 0 Å². The van der Waals surface area contributed by atoms with Gasteiger partial charge in [0.15, 0.2) is 0 Å². The maximum atomic E-state index is 2.58. The van der Waals surface area contributed by atoms with E-state index in [9.17, 15) is 0 Å². The summed E-state index contributed by atoms with van der Waals surface area (Å²) < 4.78 is 0. The third-order valence-electron chi connectivity index (χ3n) is 13.4. The molecule has 1 saturated carbocycles. The van der Waals surface area contributed by atoms with Crippen LogP contribution in [0.15, 0.2) is 0 Å². The molecule has 1 aliphatic rings. The van der Waals surface area contributed by atoms with E-state index < -0.39 is 0 Å². The summed E-state index contributed by atoms with van der Waals surface area (Å²) in [6, 6.07) is 0. The van der Waals surface area contributed by atoms with Crippen LogP contribution in [0.1, 0.15) is 124 Å². The van der Waals surface area contributed by atoms with E-state index >= 15 is 0 Å². The molecule has 0 radical (unpaired) electrons. The minimum Gasteiger partial charge on any atom is -0.0622 e. The fourth-order valence-electron chi connectivity index (χ4n) is 7.64. The van der Waals surface area contributed by atoms with Crippen molar-refractivity contribution in [3.63, 3.8) is 0 Å². The molecule has 14 unspecified atom stereocenters. The van der Waals surface area contributed by atoms with Gasteiger partial charge in [-0.3, -0.25) is 0 Å². The lowest BCUT2D eigenvalue weighted by atomic mass is 9.57. The lowest BCUT2D eigenvalue weighted by Gasteiger charge is -2.48. The molecule has 0 amide bonds. The summed E-state index contributed by atoms with van der Waals surface area (Å²) in [5.74, 6) is 10.8. The molecule has 0 aromatic carbocycles. The maximum Gasteiger partial charge on any atom is -0.0298 e. The van der Waals surface area contributed by atoms with Crippen molar-refractivity contribution in [3.05, 3.63) is 0 Å². The SMILES string of the molecule is CC1CCC(C)C(C)C(C)C(C)C(C)C(C)C(C)(C)C(C)C(C)C(C)C(C)C(C)C(C)C1C. The van der Waals surface area contributed by atoms with Crippen molar-refractivity contribution in [2.45, 2.75) is 124 Å². The highest BCUT2D eigenvalue weighted by molar-refractivity contribution is 4.91. The average Bonchev–Trinajstić information content (AvgIpc) is 2.80. The van der Waals surface area contributed by atoms with E-state index in [4.69, 9.17) is 0 Å². The second-order valence-corrected chi connectivity index (χ2v) is 14.5. The molecule has 0 heteroatoms. The summed E-state index contributed by atoms with van der Waals surface area (Å²) in [7, 11) is 0. The van der Waals surface area contributed by atoms with Gasteiger partial charge in [-0.05, 0) is 88.3 Å². The van der Waals surface area contributed by atoms with Crippen molar-refractivity contribution in [1.82, 2.24) is 0 Å². The topological polar surface area (TPSA) is 0 Å². The zero-order chi connectivity index (χ0) is 26.0. The van der Waals surface area contributed by atoms with Gasteiger partial charge >= 0.3 is 0 Å². The molecule has 0 aromatic heterocycles. The first-order valence-electron chi connectivity index (χ1n) is 15.0. The fourth-order valence-corrected chi connectivity index (χ4v) is 7.64. The third kappa shape index (κ3) is 6.82. The van der Waals surface area contributed by atoms with Crippen LogP contribution in [0.3, 0.4) is 0 Å². The van der Waals surface area contributed by atoms with Crippen molar-refractivity contribution in [2.75, 3.05) is 0 Å². The summed E-state index contributed by atoms with van der Waals surface area (Å²) in [6.45, 7) is 41.0. The fraction of sp³-hybridized carbons (Fsp3) is 1.00. The second-order valence-electron chi connectivity index (χ2n) is 14.5. The van der Waals surface area contributed by atoms with Gasteiger partial charge in [-0.1, -0.05) is 124 Å². The molecule has 0 N–H and O–H groups in total. The van der Waals surface area contributed by atoms with Gasteiger partial charge in [0.25, 0.3) is 0 Å². The highest BCUT2D eigenvalue weighted by Gasteiger charge is 2.43. The Labute approximate surface area is 211 Å². The predicted molar refractivity (Wildman–Crippen MR) is 151 cm³/mol. The first-order valence-corrected chi connectivity index (χ1v) is 15.0. The zero-order valence-corrected chi connectivity index (χ0v) is 26.0. The summed E-state index contributed by atoms with van der Waals surface area (Å²) in [5, 5.41) is 0. The summed E-state index contributed by atoms with van der Waals surface area (Å²) in [4.78, 5) is 0. The molecule has 1 rings (SSSR count). The molecule has 33 heavy (non-hydrogen) atoms. The van der Waals surface area contributed by atoms with Crippen LogP contribution in [0.25, 0.3) is 0 Å². The van der Waals surface area contributed by atoms with Crippen LogP contribution >= 0.6 is 0 Å². The molecule has 198 valence electrons. The number of rotatable bonds is 0. The van der Waals surface area contributed by atoms with Crippen LogP contribution in [0, 0.1) is 88.3 Å². The van der Waals surface area contributed by atoms with Gasteiger partial charge < -0.3 is 0 Å². The van der Waals surface area contributed by atoms with Crippen LogP contribution in [-0.4, -0.2) is 0 Å². The summed E-state index contributed by atoms with van der Waals surface area (Å²) >= 11 is 0. The molecule has 0 nitrogen and oxygen atoms in total.